The normalized spacial score (nSPS) is 11.2. The molecule has 0 aliphatic heterocycles. The zero-order chi connectivity index (χ0) is 21.6. The van der Waals surface area contributed by atoms with Gasteiger partial charge in [0.2, 0.25) is 0 Å². The fraction of sp³-hybridized carbons (Fsp3) is 0.318. The number of aromatic nitrogens is 2. The summed E-state index contributed by atoms with van der Waals surface area (Å²) in [5.41, 5.74) is 1.70. The minimum atomic E-state index is -0.559. The van der Waals surface area contributed by atoms with Crippen molar-refractivity contribution in [2.75, 3.05) is 13.1 Å². The van der Waals surface area contributed by atoms with Crippen molar-refractivity contribution in [3.8, 4) is 10.6 Å². The quantitative estimate of drug-likeness (QED) is 0.561. The van der Waals surface area contributed by atoms with E-state index >= 15 is 0 Å². The van der Waals surface area contributed by atoms with Gasteiger partial charge < -0.3 is 15.4 Å². The van der Waals surface area contributed by atoms with Gasteiger partial charge >= 0.3 is 6.09 Å². The molecule has 3 rings (SSSR count). The number of nitrogens with zero attached hydrogens (tertiary/aromatic N) is 2. The molecule has 0 atom stereocenters. The van der Waals surface area contributed by atoms with Crippen LogP contribution in [0.1, 0.15) is 36.7 Å². The lowest BCUT2D eigenvalue weighted by atomic mass is 10.2. The van der Waals surface area contributed by atoms with E-state index in [1.165, 1.54) is 11.3 Å². The highest BCUT2D eigenvalue weighted by molar-refractivity contribution is 7.13. The lowest BCUT2D eigenvalue weighted by Gasteiger charge is -2.19. The van der Waals surface area contributed by atoms with E-state index in [0.29, 0.717) is 17.8 Å². The van der Waals surface area contributed by atoms with E-state index in [-0.39, 0.29) is 19.0 Å². The van der Waals surface area contributed by atoms with Crippen LogP contribution < -0.4 is 10.6 Å². The number of alkyl carbamates (subject to hydrolysis) is 1. The predicted octanol–water partition coefficient (Wildman–Crippen LogP) is 3.91. The first-order valence-electron chi connectivity index (χ1n) is 9.72. The Balaban J connectivity index is 1.64. The zero-order valence-corrected chi connectivity index (χ0v) is 18.2. The van der Waals surface area contributed by atoms with Crippen molar-refractivity contribution in [3.05, 3.63) is 65.2 Å². The number of amides is 2. The highest BCUT2D eigenvalue weighted by Gasteiger charge is 2.19. The number of carbonyl (C=O) groups excluding carboxylic acids is 2. The van der Waals surface area contributed by atoms with Crippen LogP contribution >= 0.6 is 11.3 Å². The zero-order valence-electron chi connectivity index (χ0n) is 17.3. The van der Waals surface area contributed by atoms with E-state index in [1.807, 2.05) is 47.8 Å². The summed E-state index contributed by atoms with van der Waals surface area (Å²) in [6.45, 7) is 6.53. The van der Waals surface area contributed by atoms with E-state index in [9.17, 15) is 9.59 Å². The van der Waals surface area contributed by atoms with Gasteiger partial charge in [0.25, 0.3) is 5.91 Å². The summed E-state index contributed by atoms with van der Waals surface area (Å²) in [7, 11) is 0. The number of thiophene rings is 1. The van der Waals surface area contributed by atoms with Crippen LogP contribution in [0.3, 0.4) is 0 Å². The Morgan fingerprint density at radius 3 is 2.47 bits per heavy atom. The summed E-state index contributed by atoms with van der Waals surface area (Å²) in [6, 6.07) is 13.8. The molecular weight excluding hydrogens is 400 g/mol. The summed E-state index contributed by atoms with van der Waals surface area (Å²) in [6.07, 6.45) is 1.25. The molecule has 2 amide bonds. The molecule has 0 radical (unpaired) electrons. The molecule has 0 aliphatic carbocycles. The Labute approximate surface area is 180 Å². The molecule has 0 unspecified atom stereocenters. The maximum absolute atomic E-state index is 12.8. The summed E-state index contributed by atoms with van der Waals surface area (Å²) >= 11 is 1.54. The second-order valence-corrected chi connectivity index (χ2v) is 8.68. The lowest BCUT2D eigenvalue weighted by molar-refractivity contribution is 0.0526. The summed E-state index contributed by atoms with van der Waals surface area (Å²) in [5.74, 6) is -0.233. The van der Waals surface area contributed by atoms with Crippen LogP contribution in [0, 0.1) is 0 Å². The van der Waals surface area contributed by atoms with Crippen molar-refractivity contribution in [1.29, 1.82) is 0 Å². The van der Waals surface area contributed by atoms with Crippen LogP contribution in [0.5, 0.6) is 0 Å². The van der Waals surface area contributed by atoms with Gasteiger partial charge in [-0.05, 0) is 37.8 Å². The van der Waals surface area contributed by atoms with Crippen LogP contribution in [-0.4, -0.2) is 40.5 Å². The fourth-order valence-corrected chi connectivity index (χ4v) is 3.51. The summed E-state index contributed by atoms with van der Waals surface area (Å²) in [5, 5.41) is 12.1. The molecule has 2 aromatic heterocycles. The maximum atomic E-state index is 12.8. The highest BCUT2D eigenvalue weighted by atomic mass is 32.1. The first-order valence-corrected chi connectivity index (χ1v) is 10.6. The largest absolute Gasteiger partial charge is 0.444 e. The Bertz CT molecular complexity index is 976. The summed E-state index contributed by atoms with van der Waals surface area (Å²) < 4.78 is 6.96. The van der Waals surface area contributed by atoms with Gasteiger partial charge in [-0.1, -0.05) is 36.4 Å². The molecular formula is C22H26N4O3S. The van der Waals surface area contributed by atoms with Gasteiger partial charge in [0.15, 0.2) is 0 Å². The number of hydrogen-bond acceptors (Lipinski definition) is 5. The Morgan fingerprint density at radius 1 is 1.07 bits per heavy atom. The van der Waals surface area contributed by atoms with Gasteiger partial charge in [0.1, 0.15) is 11.3 Å². The SMILES string of the molecule is CC(C)(C)OC(=O)NCCNC(=O)c1cn(Cc2ccccc2)nc1-c1cccs1. The average Bonchev–Trinajstić information content (AvgIpc) is 3.34. The predicted molar refractivity (Wildman–Crippen MR) is 118 cm³/mol. The maximum Gasteiger partial charge on any atom is 0.407 e. The van der Waals surface area contributed by atoms with E-state index in [2.05, 4.69) is 15.7 Å². The van der Waals surface area contributed by atoms with Crippen molar-refractivity contribution in [2.45, 2.75) is 32.9 Å². The molecule has 0 saturated heterocycles. The van der Waals surface area contributed by atoms with Gasteiger partial charge in [-0.25, -0.2) is 4.79 Å². The van der Waals surface area contributed by atoms with Crippen molar-refractivity contribution in [2.24, 2.45) is 0 Å². The van der Waals surface area contributed by atoms with Gasteiger partial charge in [-0.15, -0.1) is 11.3 Å². The molecule has 0 spiro atoms. The molecule has 3 aromatic rings. The molecule has 8 heteroatoms. The first kappa shape index (κ1) is 21.6. The topological polar surface area (TPSA) is 85.3 Å². The number of rotatable bonds is 7. The van der Waals surface area contributed by atoms with E-state index in [1.54, 1.807) is 31.6 Å². The molecule has 1 aromatic carbocycles. The third-order valence-corrected chi connectivity index (χ3v) is 4.90. The monoisotopic (exact) mass is 426 g/mol. The van der Waals surface area contributed by atoms with Gasteiger partial charge in [0, 0.05) is 19.3 Å². The van der Waals surface area contributed by atoms with Crippen LogP contribution in [0.2, 0.25) is 0 Å². The second-order valence-electron chi connectivity index (χ2n) is 7.74. The molecule has 0 saturated carbocycles. The van der Waals surface area contributed by atoms with Gasteiger partial charge in [0.05, 0.1) is 17.0 Å². The first-order chi connectivity index (χ1) is 14.3. The molecule has 0 fully saturated rings. The minimum Gasteiger partial charge on any atom is -0.444 e. The smallest absolute Gasteiger partial charge is 0.407 e. The van der Waals surface area contributed by atoms with Crippen LogP contribution in [0.15, 0.2) is 54.0 Å². The Morgan fingerprint density at radius 2 is 1.80 bits per heavy atom. The van der Waals surface area contributed by atoms with Gasteiger partial charge in [-0.2, -0.15) is 5.10 Å². The van der Waals surface area contributed by atoms with Crippen LogP contribution in [0.4, 0.5) is 4.79 Å². The van der Waals surface area contributed by atoms with Crippen molar-refractivity contribution in [1.82, 2.24) is 20.4 Å². The third-order valence-electron chi connectivity index (χ3n) is 4.03. The van der Waals surface area contributed by atoms with Crippen molar-refractivity contribution in [3.63, 3.8) is 0 Å². The number of carbonyl (C=O) groups is 2. The van der Waals surface area contributed by atoms with Crippen LogP contribution in [0.25, 0.3) is 10.6 Å². The highest BCUT2D eigenvalue weighted by Crippen LogP contribution is 2.27. The molecule has 7 nitrogen and oxygen atoms in total. The molecule has 0 aliphatic rings. The van der Waals surface area contributed by atoms with E-state index < -0.39 is 11.7 Å². The second kappa shape index (κ2) is 9.58. The Hall–Kier alpha value is -3.13. The lowest BCUT2D eigenvalue weighted by Crippen LogP contribution is -2.37. The van der Waals surface area contributed by atoms with Crippen molar-refractivity contribution < 1.29 is 14.3 Å². The number of nitrogens with one attached hydrogen (secondary N) is 2. The number of benzene rings is 1. The van der Waals surface area contributed by atoms with Crippen molar-refractivity contribution >= 4 is 23.3 Å². The molecule has 158 valence electrons. The minimum absolute atomic E-state index is 0.233. The molecule has 0 bridgehead atoms. The van der Waals surface area contributed by atoms with E-state index in [0.717, 1.165) is 10.4 Å². The van der Waals surface area contributed by atoms with Gasteiger partial charge in [-0.3, -0.25) is 9.48 Å². The Kier molecular flexibility index (Phi) is 6.89. The van der Waals surface area contributed by atoms with E-state index in [4.69, 9.17) is 4.74 Å². The molecule has 30 heavy (non-hydrogen) atoms. The third kappa shape index (κ3) is 6.18. The van der Waals surface area contributed by atoms with Crippen LogP contribution in [-0.2, 0) is 11.3 Å². The average molecular weight is 427 g/mol. The summed E-state index contributed by atoms with van der Waals surface area (Å²) in [4.78, 5) is 25.4. The standard InChI is InChI=1S/C22H26N4O3S/c1-22(2,3)29-21(28)24-12-11-23-20(27)17-15-26(14-16-8-5-4-6-9-16)25-19(17)18-10-7-13-30-18/h4-10,13,15H,11-12,14H2,1-3H3,(H,23,27)(H,24,28). The number of hydrogen-bond donors (Lipinski definition) is 2. The number of ether oxygens (including phenoxy) is 1. The fourth-order valence-electron chi connectivity index (χ4n) is 2.78. The molecule has 2 heterocycles. The molecule has 2 N–H and O–H groups in total.